The van der Waals surface area contributed by atoms with Crippen molar-refractivity contribution in [1.29, 1.82) is 0 Å². The summed E-state index contributed by atoms with van der Waals surface area (Å²) in [5.74, 6) is 1.08. The summed E-state index contributed by atoms with van der Waals surface area (Å²) in [6, 6.07) is 1.60. The molecule has 1 fully saturated rings. The Morgan fingerprint density at radius 3 is 2.70 bits per heavy atom. The van der Waals surface area contributed by atoms with Crippen LogP contribution in [0.4, 0.5) is 0 Å². The molecule has 114 valence electrons. The first-order valence-corrected chi connectivity index (χ1v) is 8.51. The summed E-state index contributed by atoms with van der Waals surface area (Å²) in [5, 5.41) is 2.95. The second kappa shape index (κ2) is 5.50. The maximum absolute atomic E-state index is 12.5. The molecule has 0 aromatic carbocycles. The minimum Gasteiger partial charge on any atom is -0.464 e. The molecule has 5 nitrogen and oxygen atoms in total. The molecule has 0 aliphatic heterocycles. The lowest BCUT2D eigenvalue weighted by molar-refractivity contribution is 0.312. The number of hydrogen-bond acceptors (Lipinski definition) is 4. The van der Waals surface area contributed by atoms with Gasteiger partial charge in [0.15, 0.2) is 0 Å². The number of nitrogens with one attached hydrogen (secondary N) is 2. The van der Waals surface area contributed by atoms with Crippen LogP contribution in [-0.4, -0.2) is 21.5 Å². The molecule has 1 saturated carbocycles. The Balaban J connectivity index is 2.22. The predicted molar refractivity (Wildman–Crippen MR) is 78.0 cm³/mol. The molecule has 0 radical (unpaired) electrons. The van der Waals surface area contributed by atoms with Crippen LogP contribution in [0.25, 0.3) is 0 Å². The van der Waals surface area contributed by atoms with Gasteiger partial charge in [0.05, 0.1) is 6.54 Å². The molecule has 1 atom stereocenters. The quantitative estimate of drug-likeness (QED) is 0.874. The van der Waals surface area contributed by atoms with E-state index in [1.165, 1.54) is 0 Å². The summed E-state index contributed by atoms with van der Waals surface area (Å²) in [6.45, 7) is 6.43. The molecule has 20 heavy (non-hydrogen) atoms. The average Bonchev–Trinajstić information content (AvgIpc) is 2.84. The Labute approximate surface area is 121 Å². The summed E-state index contributed by atoms with van der Waals surface area (Å²) in [7, 11) is -1.72. The monoisotopic (exact) mass is 300 g/mol. The Bertz CT molecular complexity index is 575. The van der Waals surface area contributed by atoms with Crippen molar-refractivity contribution in [2.24, 2.45) is 5.41 Å². The van der Waals surface area contributed by atoms with Gasteiger partial charge in [-0.2, -0.15) is 0 Å². The minimum absolute atomic E-state index is 0.00505. The number of furan rings is 1. The van der Waals surface area contributed by atoms with E-state index in [2.05, 4.69) is 23.9 Å². The zero-order valence-corrected chi connectivity index (χ0v) is 13.4. The van der Waals surface area contributed by atoms with Gasteiger partial charge in [0, 0.05) is 12.1 Å². The van der Waals surface area contributed by atoms with Crippen molar-refractivity contribution in [3.63, 3.8) is 0 Å². The SMILES string of the molecule is CNCc1cc(S(=O)(=O)NC2CCCC2(C)C)c(C)o1. The largest absolute Gasteiger partial charge is 0.464 e. The maximum Gasteiger partial charge on any atom is 0.244 e. The third kappa shape index (κ3) is 3.07. The Hall–Kier alpha value is -0.850. The molecule has 0 spiro atoms. The van der Waals surface area contributed by atoms with Crippen molar-refractivity contribution in [1.82, 2.24) is 10.0 Å². The lowest BCUT2D eigenvalue weighted by Gasteiger charge is -2.27. The third-order valence-electron chi connectivity index (χ3n) is 4.12. The minimum atomic E-state index is -3.51. The zero-order valence-electron chi connectivity index (χ0n) is 12.6. The van der Waals surface area contributed by atoms with Gasteiger partial charge in [-0.1, -0.05) is 20.3 Å². The van der Waals surface area contributed by atoms with Crippen molar-refractivity contribution in [3.8, 4) is 0 Å². The topological polar surface area (TPSA) is 71.3 Å². The molecule has 0 bridgehead atoms. The summed E-state index contributed by atoms with van der Waals surface area (Å²) in [6.07, 6.45) is 3.01. The number of aryl methyl sites for hydroxylation is 1. The molecule has 0 amide bonds. The van der Waals surface area contributed by atoms with E-state index in [9.17, 15) is 8.42 Å². The van der Waals surface area contributed by atoms with Gasteiger partial charge in [0.2, 0.25) is 10.0 Å². The fourth-order valence-corrected chi connectivity index (χ4v) is 4.49. The molecule has 1 aromatic rings. The molecule has 2 N–H and O–H groups in total. The lowest BCUT2D eigenvalue weighted by Crippen LogP contribution is -2.41. The number of sulfonamides is 1. The predicted octanol–water partition coefficient (Wildman–Crippen LogP) is 2.16. The van der Waals surface area contributed by atoms with Gasteiger partial charge >= 0.3 is 0 Å². The van der Waals surface area contributed by atoms with Crippen molar-refractivity contribution in [3.05, 3.63) is 17.6 Å². The second-order valence-electron chi connectivity index (χ2n) is 6.22. The second-order valence-corrected chi connectivity index (χ2v) is 7.90. The van der Waals surface area contributed by atoms with Crippen LogP contribution in [0, 0.1) is 12.3 Å². The van der Waals surface area contributed by atoms with Crippen molar-refractivity contribution in [2.75, 3.05) is 7.05 Å². The molecular weight excluding hydrogens is 276 g/mol. The summed E-state index contributed by atoms with van der Waals surface area (Å²) >= 11 is 0. The highest BCUT2D eigenvalue weighted by Gasteiger charge is 2.38. The zero-order chi connectivity index (χ0) is 15.0. The first kappa shape index (κ1) is 15.5. The molecule has 2 rings (SSSR count). The average molecular weight is 300 g/mol. The first-order valence-electron chi connectivity index (χ1n) is 7.02. The van der Waals surface area contributed by atoms with Crippen LogP contribution in [0.5, 0.6) is 0 Å². The van der Waals surface area contributed by atoms with Gasteiger partial charge in [0.1, 0.15) is 16.4 Å². The van der Waals surface area contributed by atoms with Gasteiger partial charge in [-0.3, -0.25) is 0 Å². The van der Waals surface area contributed by atoms with E-state index in [1.807, 2.05) is 0 Å². The molecule has 1 aromatic heterocycles. The standard InChI is InChI=1S/C14H24N2O3S/c1-10-12(8-11(19-10)9-15-4)20(17,18)16-13-6-5-7-14(13,2)3/h8,13,15-16H,5-7,9H2,1-4H3. The van der Waals surface area contributed by atoms with Crippen molar-refractivity contribution < 1.29 is 12.8 Å². The van der Waals surface area contributed by atoms with E-state index < -0.39 is 10.0 Å². The molecule has 6 heteroatoms. The van der Waals surface area contributed by atoms with Crippen LogP contribution < -0.4 is 10.0 Å². The fourth-order valence-electron chi connectivity index (χ4n) is 2.85. The molecule has 1 unspecified atom stereocenters. The van der Waals surface area contributed by atoms with Gasteiger partial charge in [-0.05, 0) is 32.2 Å². The van der Waals surface area contributed by atoms with Crippen LogP contribution in [0.1, 0.15) is 44.6 Å². The first-order chi connectivity index (χ1) is 9.26. The Morgan fingerprint density at radius 2 is 2.15 bits per heavy atom. The molecular formula is C14H24N2O3S. The molecule has 0 saturated heterocycles. The smallest absolute Gasteiger partial charge is 0.244 e. The van der Waals surface area contributed by atoms with Crippen LogP contribution in [0.15, 0.2) is 15.4 Å². The Kier molecular flexibility index (Phi) is 4.27. The van der Waals surface area contributed by atoms with Crippen molar-refractivity contribution >= 4 is 10.0 Å². The lowest BCUT2D eigenvalue weighted by atomic mass is 9.88. The highest BCUT2D eigenvalue weighted by molar-refractivity contribution is 7.89. The molecule has 1 aliphatic rings. The van der Waals surface area contributed by atoms with Gasteiger partial charge in [-0.25, -0.2) is 13.1 Å². The van der Waals surface area contributed by atoms with Gasteiger partial charge < -0.3 is 9.73 Å². The van der Waals surface area contributed by atoms with Crippen LogP contribution in [0.2, 0.25) is 0 Å². The third-order valence-corrected chi connectivity index (χ3v) is 5.70. The van der Waals surface area contributed by atoms with E-state index >= 15 is 0 Å². The van der Waals surface area contributed by atoms with Crippen LogP contribution in [0.3, 0.4) is 0 Å². The van der Waals surface area contributed by atoms with E-state index in [0.717, 1.165) is 19.3 Å². The molecule has 1 heterocycles. The highest BCUT2D eigenvalue weighted by atomic mass is 32.2. The van der Waals surface area contributed by atoms with Crippen LogP contribution in [-0.2, 0) is 16.6 Å². The number of hydrogen-bond donors (Lipinski definition) is 2. The van der Waals surface area contributed by atoms with E-state index in [4.69, 9.17) is 4.42 Å². The van der Waals surface area contributed by atoms with Gasteiger partial charge in [0.25, 0.3) is 0 Å². The normalized spacial score (nSPS) is 22.3. The fraction of sp³-hybridized carbons (Fsp3) is 0.714. The van der Waals surface area contributed by atoms with E-state index in [0.29, 0.717) is 18.1 Å². The van der Waals surface area contributed by atoms with Crippen molar-refractivity contribution in [2.45, 2.75) is 57.5 Å². The van der Waals surface area contributed by atoms with E-state index in [1.54, 1.807) is 20.0 Å². The maximum atomic E-state index is 12.5. The summed E-state index contributed by atoms with van der Waals surface area (Å²) in [5.41, 5.74) is 0.0124. The molecule has 1 aliphatic carbocycles. The Morgan fingerprint density at radius 1 is 1.45 bits per heavy atom. The van der Waals surface area contributed by atoms with Crippen LogP contribution >= 0.6 is 0 Å². The van der Waals surface area contributed by atoms with Gasteiger partial charge in [-0.15, -0.1) is 0 Å². The summed E-state index contributed by atoms with van der Waals surface area (Å²) < 4.78 is 33.4. The number of rotatable bonds is 5. The summed E-state index contributed by atoms with van der Waals surface area (Å²) in [4.78, 5) is 0.255. The highest BCUT2D eigenvalue weighted by Crippen LogP contribution is 2.38. The van der Waals surface area contributed by atoms with E-state index in [-0.39, 0.29) is 16.4 Å².